The van der Waals surface area contributed by atoms with Crippen molar-refractivity contribution in [1.29, 1.82) is 0 Å². The number of aryl methyl sites for hydroxylation is 3. The third-order valence-corrected chi connectivity index (χ3v) is 4.30. The second-order valence-electron chi connectivity index (χ2n) is 4.70. The minimum atomic E-state index is 0.943. The van der Waals surface area contributed by atoms with Gasteiger partial charge in [0.2, 0.25) is 0 Å². The maximum atomic E-state index is 4.30. The lowest BCUT2D eigenvalue weighted by Gasteiger charge is -2.02. The van der Waals surface area contributed by atoms with Gasteiger partial charge in [0.1, 0.15) is 5.69 Å². The largest absolute Gasteiger partial charge is 0.220 e. The summed E-state index contributed by atoms with van der Waals surface area (Å²) in [6, 6.07) is 10.4. The molecule has 3 rings (SSSR count). The Labute approximate surface area is 116 Å². The molecule has 3 aromatic rings. The molecule has 2 heterocycles. The fraction of sp³-hybridized carbons (Fsp3) is 0.200. The molecule has 0 amide bonds. The lowest BCUT2D eigenvalue weighted by Crippen LogP contribution is -1.96. The summed E-state index contributed by atoms with van der Waals surface area (Å²) in [6.07, 6.45) is 2.00. The van der Waals surface area contributed by atoms with Crippen molar-refractivity contribution in [1.82, 2.24) is 15.0 Å². The smallest absolute Gasteiger partial charge is 0.123 e. The Hall–Kier alpha value is -1.94. The molecule has 0 aliphatic heterocycles. The van der Waals surface area contributed by atoms with Gasteiger partial charge < -0.3 is 0 Å². The summed E-state index contributed by atoms with van der Waals surface area (Å²) < 4.78 is 1.85. The highest BCUT2D eigenvalue weighted by Crippen LogP contribution is 2.30. The van der Waals surface area contributed by atoms with Gasteiger partial charge >= 0.3 is 0 Å². The lowest BCUT2D eigenvalue weighted by atomic mass is 10.2. The average molecular weight is 269 g/mol. The first-order valence-electron chi connectivity index (χ1n) is 6.21. The topological polar surface area (TPSA) is 30.7 Å². The molecule has 0 aliphatic rings. The number of para-hydroxylation sites is 1. The third kappa shape index (κ3) is 2.19. The first-order chi connectivity index (χ1) is 9.15. The monoisotopic (exact) mass is 269 g/mol. The van der Waals surface area contributed by atoms with E-state index in [1.54, 1.807) is 11.3 Å². The fourth-order valence-corrected chi connectivity index (χ4v) is 3.18. The molecule has 0 radical (unpaired) electrons. The first kappa shape index (κ1) is 12.1. The van der Waals surface area contributed by atoms with Crippen LogP contribution in [0.15, 0.2) is 36.5 Å². The highest BCUT2D eigenvalue weighted by molar-refractivity contribution is 7.15. The van der Waals surface area contributed by atoms with Gasteiger partial charge in [-0.05, 0) is 44.0 Å². The zero-order valence-corrected chi connectivity index (χ0v) is 12.0. The summed E-state index contributed by atoms with van der Waals surface area (Å²) in [7, 11) is 0. The van der Waals surface area contributed by atoms with E-state index in [2.05, 4.69) is 49.3 Å². The second kappa shape index (κ2) is 4.63. The molecule has 0 saturated carbocycles. The third-order valence-electron chi connectivity index (χ3n) is 3.13. The summed E-state index contributed by atoms with van der Waals surface area (Å²) in [5.41, 5.74) is 4.48. The van der Waals surface area contributed by atoms with E-state index in [0.29, 0.717) is 0 Å². The molecular formula is C15H15N3S. The molecule has 1 aromatic carbocycles. The van der Waals surface area contributed by atoms with Crippen LogP contribution in [0.2, 0.25) is 0 Å². The average Bonchev–Trinajstić information content (AvgIpc) is 2.96. The van der Waals surface area contributed by atoms with Gasteiger partial charge in [0.15, 0.2) is 0 Å². The van der Waals surface area contributed by atoms with Crippen LogP contribution in [-0.4, -0.2) is 15.0 Å². The first-order valence-corrected chi connectivity index (χ1v) is 7.02. The molecule has 0 N–H and O–H groups in total. The molecule has 2 aromatic heterocycles. The van der Waals surface area contributed by atoms with Gasteiger partial charge in [0, 0.05) is 4.88 Å². The Morgan fingerprint density at radius 3 is 2.53 bits per heavy atom. The van der Waals surface area contributed by atoms with Crippen LogP contribution in [0.5, 0.6) is 0 Å². The Kier molecular flexibility index (Phi) is 2.95. The van der Waals surface area contributed by atoms with Crippen LogP contribution in [0.25, 0.3) is 16.3 Å². The van der Waals surface area contributed by atoms with E-state index in [9.17, 15) is 0 Å². The summed E-state index contributed by atoms with van der Waals surface area (Å²) in [6.45, 7) is 6.32. The quantitative estimate of drug-likeness (QED) is 0.706. The maximum absolute atomic E-state index is 4.30. The summed E-state index contributed by atoms with van der Waals surface area (Å²) in [5.74, 6) is 0. The maximum Gasteiger partial charge on any atom is 0.123 e. The van der Waals surface area contributed by atoms with E-state index in [-0.39, 0.29) is 0 Å². The predicted octanol–water partition coefficient (Wildman–Crippen LogP) is 3.92. The SMILES string of the molecule is Cc1cc(C)c(-c2cn(-c3ccccc3C)nn2)s1. The van der Waals surface area contributed by atoms with Crippen molar-refractivity contribution in [3.63, 3.8) is 0 Å². The molecule has 4 heteroatoms. The summed E-state index contributed by atoms with van der Waals surface area (Å²) in [4.78, 5) is 2.51. The number of benzene rings is 1. The highest BCUT2D eigenvalue weighted by Gasteiger charge is 2.11. The van der Waals surface area contributed by atoms with Crippen LogP contribution in [0.1, 0.15) is 16.0 Å². The molecule has 0 spiro atoms. The number of aromatic nitrogens is 3. The molecule has 19 heavy (non-hydrogen) atoms. The minimum absolute atomic E-state index is 0.943. The molecule has 0 atom stereocenters. The number of nitrogens with zero attached hydrogens (tertiary/aromatic N) is 3. The van der Waals surface area contributed by atoms with Crippen molar-refractivity contribution < 1.29 is 0 Å². The van der Waals surface area contributed by atoms with Gasteiger partial charge in [-0.1, -0.05) is 23.4 Å². The number of hydrogen-bond acceptors (Lipinski definition) is 3. The molecule has 0 fully saturated rings. The molecule has 96 valence electrons. The van der Waals surface area contributed by atoms with Gasteiger partial charge in [-0.25, -0.2) is 4.68 Å². The number of rotatable bonds is 2. The summed E-state index contributed by atoms with van der Waals surface area (Å²) >= 11 is 1.76. The molecular weight excluding hydrogens is 254 g/mol. The number of thiophene rings is 1. The second-order valence-corrected chi connectivity index (χ2v) is 5.96. The molecule has 0 saturated heterocycles. The van der Waals surface area contributed by atoms with E-state index in [1.807, 2.05) is 23.0 Å². The zero-order chi connectivity index (χ0) is 13.4. The normalized spacial score (nSPS) is 10.9. The van der Waals surface area contributed by atoms with Gasteiger partial charge in [0.25, 0.3) is 0 Å². The van der Waals surface area contributed by atoms with E-state index in [1.165, 1.54) is 20.9 Å². The van der Waals surface area contributed by atoms with Gasteiger partial charge in [0.05, 0.1) is 16.8 Å². The van der Waals surface area contributed by atoms with Crippen molar-refractivity contribution in [2.24, 2.45) is 0 Å². The standard InChI is InChI=1S/C15H15N3S/c1-10-6-4-5-7-14(10)18-9-13(16-17-18)15-11(2)8-12(3)19-15/h4-9H,1-3H3. The van der Waals surface area contributed by atoms with E-state index >= 15 is 0 Å². The van der Waals surface area contributed by atoms with Crippen molar-refractivity contribution in [2.75, 3.05) is 0 Å². The van der Waals surface area contributed by atoms with Crippen LogP contribution in [-0.2, 0) is 0 Å². The zero-order valence-electron chi connectivity index (χ0n) is 11.2. The molecule has 3 nitrogen and oxygen atoms in total. The fourth-order valence-electron chi connectivity index (χ4n) is 2.20. The van der Waals surface area contributed by atoms with E-state index < -0.39 is 0 Å². The Morgan fingerprint density at radius 1 is 1.05 bits per heavy atom. The summed E-state index contributed by atoms with van der Waals surface area (Å²) in [5, 5.41) is 8.55. The molecule has 0 aliphatic carbocycles. The van der Waals surface area contributed by atoms with Crippen molar-refractivity contribution in [2.45, 2.75) is 20.8 Å². The number of hydrogen-bond donors (Lipinski definition) is 0. The van der Waals surface area contributed by atoms with Crippen LogP contribution in [0, 0.1) is 20.8 Å². The highest BCUT2D eigenvalue weighted by atomic mass is 32.1. The van der Waals surface area contributed by atoms with Gasteiger partial charge in [-0.3, -0.25) is 0 Å². The Morgan fingerprint density at radius 2 is 1.84 bits per heavy atom. The lowest BCUT2D eigenvalue weighted by molar-refractivity contribution is 0.799. The van der Waals surface area contributed by atoms with Crippen LogP contribution in [0.3, 0.4) is 0 Å². The molecule has 0 bridgehead atoms. The van der Waals surface area contributed by atoms with E-state index in [4.69, 9.17) is 0 Å². The van der Waals surface area contributed by atoms with Crippen molar-refractivity contribution >= 4 is 11.3 Å². The van der Waals surface area contributed by atoms with Crippen LogP contribution in [0.4, 0.5) is 0 Å². The van der Waals surface area contributed by atoms with Crippen molar-refractivity contribution in [3.05, 3.63) is 52.5 Å². The predicted molar refractivity (Wildman–Crippen MR) is 78.9 cm³/mol. The van der Waals surface area contributed by atoms with Crippen molar-refractivity contribution in [3.8, 4) is 16.3 Å². The van der Waals surface area contributed by atoms with E-state index in [0.717, 1.165) is 11.4 Å². The van der Waals surface area contributed by atoms with Gasteiger partial charge in [-0.15, -0.1) is 16.4 Å². The Balaban J connectivity index is 2.05. The van der Waals surface area contributed by atoms with Gasteiger partial charge in [-0.2, -0.15) is 0 Å². The minimum Gasteiger partial charge on any atom is -0.220 e. The molecule has 0 unspecified atom stereocenters. The van der Waals surface area contributed by atoms with Crippen LogP contribution < -0.4 is 0 Å². The van der Waals surface area contributed by atoms with Crippen LogP contribution >= 0.6 is 11.3 Å². The Bertz CT molecular complexity index is 725.